The van der Waals surface area contributed by atoms with Gasteiger partial charge in [0, 0.05) is 17.8 Å². The lowest BCUT2D eigenvalue weighted by atomic mass is 9.51. The number of aryl methyl sites for hydroxylation is 1. The summed E-state index contributed by atoms with van der Waals surface area (Å²) in [5.74, 6) is 6.86. The van der Waals surface area contributed by atoms with E-state index < -0.39 is 17.1 Å². The van der Waals surface area contributed by atoms with Gasteiger partial charge in [-0.05, 0) is 80.6 Å². The quantitative estimate of drug-likeness (QED) is 0.657. The monoisotopic (exact) mass is 416 g/mol. The van der Waals surface area contributed by atoms with Crippen molar-refractivity contribution in [2.45, 2.75) is 76.9 Å². The van der Waals surface area contributed by atoms with Gasteiger partial charge < -0.3 is 10.2 Å². The van der Waals surface area contributed by atoms with Crippen molar-refractivity contribution in [2.75, 3.05) is 0 Å². The highest BCUT2D eigenvalue weighted by atomic mass is 16.3. The minimum Gasteiger partial charge on any atom is -0.389 e. The molecule has 31 heavy (non-hydrogen) atoms. The van der Waals surface area contributed by atoms with E-state index in [1.807, 2.05) is 6.08 Å². The number of hydrogen-bond acceptors (Lipinski definition) is 3. The van der Waals surface area contributed by atoms with Gasteiger partial charge >= 0.3 is 0 Å². The van der Waals surface area contributed by atoms with Crippen LogP contribution in [0.15, 0.2) is 47.1 Å². The van der Waals surface area contributed by atoms with Crippen molar-refractivity contribution in [2.24, 2.45) is 17.3 Å². The maximum Gasteiger partial charge on any atom is 0.156 e. The third-order valence-electron chi connectivity index (χ3n) is 8.75. The van der Waals surface area contributed by atoms with Crippen molar-refractivity contribution in [3.63, 3.8) is 0 Å². The van der Waals surface area contributed by atoms with Gasteiger partial charge in [0.15, 0.2) is 11.4 Å². The molecular formula is C28H32O3. The number of aliphatic hydroxyl groups excluding tert-OH is 1. The summed E-state index contributed by atoms with van der Waals surface area (Å²) in [7, 11) is 0. The van der Waals surface area contributed by atoms with Crippen LogP contribution in [0.2, 0.25) is 0 Å². The molecule has 2 saturated carbocycles. The van der Waals surface area contributed by atoms with Crippen molar-refractivity contribution < 1.29 is 15.0 Å². The van der Waals surface area contributed by atoms with Gasteiger partial charge in [-0.15, -0.1) is 5.92 Å². The molecule has 1 aromatic rings. The van der Waals surface area contributed by atoms with E-state index in [0.717, 1.165) is 25.7 Å². The van der Waals surface area contributed by atoms with E-state index in [2.05, 4.69) is 50.0 Å². The molecule has 0 bridgehead atoms. The smallest absolute Gasteiger partial charge is 0.156 e. The second-order valence-corrected chi connectivity index (χ2v) is 10.3. The van der Waals surface area contributed by atoms with E-state index in [1.165, 1.54) is 27.8 Å². The lowest BCUT2D eigenvalue weighted by Gasteiger charge is -2.53. The molecule has 5 rings (SSSR count). The third-order valence-corrected chi connectivity index (χ3v) is 8.75. The molecule has 4 aliphatic rings. The molecule has 6 atom stereocenters. The van der Waals surface area contributed by atoms with Crippen LogP contribution in [-0.2, 0) is 4.79 Å². The average molecular weight is 417 g/mol. The molecular weight excluding hydrogens is 384 g/mol. The van der Waals surface area contributed by atoms with Crippen LogP contribution in [0.4, 0.5) is 0 Å². The second kappa shape index (κ2) is 7.19. The number of aliphatic hydroxyl groups is 2. The number of carbonyl (C=O) groups is 1. The predicted octanol–water partition coefficient (Wildman–Crippen LogP) is 4.62. The van der Waals surface area contributed by atoms with Gasteiger partial charge in [0.2, 0.25) is 0 Å². The van der Waals surface area contributed by atoms with Gasteiger partial charge in [-0.25, -0.2) is 0 Å². The predicted molar refractivity (Wildman–Crippen MR) is 121 cm³/mol. The largest absolute Gasteiger partial charge is 0.389 e. The minimum atomic E-state index is -1.38. The summed E-state index contributed by atoms with van der Waals surface area (Å²) >= 11 is 0. The fourth-order valence-corrected chi connectivity index (χ4v) is 7.19. The van der Waals surface area contributed by atoms with E-state index in [1.54, 1.807) is 6.92 Å². The molecule has 0 aromatic heterocycles. The molecule has 3 heteroatoms. The van der Waals surface area contributed by atoms with Crippen LogP contribution in [0.25, 0.3) is 0 Å². The van der Waals surface area contributed by atoms with Gasteiger partial charge in [-0.3, -0.25) is 4.79 Å². The summed E-state index contributed by atoms with van der Waals surface area (Å²) in [5, 5.41) is 22.7. The molecule has 4 aliphatic carbocycles. The van der Waals surface area contributed by atoms with Crippen LogP contribution in [0.1, 0.15) is 69.4 Å². The Morgan fingerprint density at radius 2 is 1.87 bits per heavy atom. The molecule has 0 spiro atoms. The van der Waals surface area contributed by atoms with Crippen LogP contribution in [-0.4, -0.2) is 27.7 Å². The maximum absolute atomic E-state index is 12.1. The Hall–Kier alpha value is -2.15. The summed E-state index contributed by atoms with van der Waals surface area (Å²) in [6.07, 6.45) is 5.70. The van der Waals surface area contributed by atoms with Gasteiger partial charge in [0.1, 0.15) is 0 Å². The van der Waals surface area contributed by atoms with Crippen LogP contribution in [0.3, 0.4) is 0 Å². The summed E-state index contributed by atoms with van der Waals surface area (Å²) in [4.78, 5) is 12.1. The Kier molecular flexibility index (Phi) is 4.81. The number of hydrogen-bond donors (Lipinski definition) is 2. The van der Waals surface area contributed by atoms with Crippen LogP contribution in [0.5, 0.6) is 0 Å². The van der Waals surface area contributed by atoms with Gasteiger partial charge in [0.05, 0.1) is 6.10 Å². The first-order chi connectivity index (χ1) is 14.8. The molecule has 0 saturated heterocycles. The van der Waals surface area contributed by atoms with E-state index in [9.17, 15) is 15.0 Å². The maximum atomic E-state index is 12.1. The molecule has 0 heterocycles. The Bertz CT molecular complexity index is 1050. The van der Waals surface area contributed by atoms with E-state index in [4.69, 9.17) is 0 Å². The molecule has 3 nitrogen and oxygen atoms in total. The van der Waals surface area contributed by atoms with Gasteiger partial charge in [-0.1, -0.05) is 48.2 Å². The first kappa shape index (κ1) is 20.7. The molecule has 0 aliphatic heterocycles. The minimum absolute atomic E-state index is 0.175. The third kappa shape index (κ3) is 2.92. The van der Waals surface area contributed by atoms with Crippen molar-refractivity contribution in [1.82, 2.24) is 0 Å². The fourth-order valence-electron chi connectivity index (χ4n) is 7.19. The Morgan fingerprint density at radius 3 is 2.58 bits per heavy atom. The van der Waals surface area contributed by atoms with Gasteiger partial charge in [0.25, 0.3) is 0 Å². The number of allylic oxidation sites excluding steroid dienone is 4. The van der Waals surface area contributed by atoms with Crippen molar-refractivity contribution >= 4 is 5.78 Å². The fraction of sp³-hybridized carbons (Fsp3) is 0.536. The molecule has 162 valence electrons. The molecule has 0 radical (unpaired) electrons. The Labute approximate surface area is 185 Å². The average Bonchev–Trinajstić information content (AvgIpc) is 2.94. The Balaban J connectivity index is 1.71. The highest BCUT2D eigenvalue weighted by Crippen LogP contribution is 2.66. The molecule has 1 aromatic carbocycles. The standard InChI is InChI=1S/C28H32O3/c1-4-13-28(31)25(30)15-24-22-11-9-19-14-20(29)10-12-21(19)26(22)23(16-27(24,28)3)18-7-5-17(2)6-8-18/h5-8,14,22-25,30-31H,9-12,15-16H2,1-3H3/t22-,23?,24-,25?,27-,28?/m0/s1. The normalized spacial score (nSPS) is 39.1. The zero-order valence-corrected chi connectivity index (χ0v) is 18.7. The van der Waals surface area contributed by atoms with E-state index in [0.29, 0.717) is 18.8 Å². The summed E-state index contributed by atoms with van der Waals surface area (Å²) in [5.41, 5.74) is 4.71. The van der Waals surface area contributed by atoms with Crippen molar-refractivity contribution in [3.05, 3.63) is 58.2 Å². The number of fused-ring (bicyclic) bond motifs is 4. The van der Waals surface area contributed by atoms with Gasteiger partial charge in [-0.2, -0.15) is 0 Å². The molecule has 0 amide bonds. The lowest BCUT2D eigenvalue weighted by molar-refractivity contribution is -0.114. The Morgan fingerprint density at radius 1 is 1.13 bits per heavy atom. The highest BCUT2D eigenvalue weighted by Gasteiger charge is 2.66. The SMILES string of the molecule is CC#CC1(O)C(O)C[C@H]2[C@@H]3CCC4=CC(=O)CCC4=C3C(c3ccc(C)cc3)C[C@@]21C. The zero-order valence-electron chi connectivity index (χ0n) is 18.7. The first-order valence-corrected chi connectivity index (χ1v) is 11.7. The molecule has 2 N–H and O–H groups in total. The molecule has 2 fully saturated rings. The van der Waals surface area contributed by atoms with E-state index >= 15 is 0 Å². The first-order valence-electron chi connectivity index (χ1n) is 11.7. The zero-order chi connectivity index (χ0) is 22.0. The van der Waals surface area contributed by atoms with Crippen LogP contribution >= 0.6 is 0 Å². The number of rotatable bonds is 1. The summed E-state index contributed by atoms with van der Waals surface area (Å²) in [6.45, 7) is 5.99. The molecule has 3 unspecified atom stereocenters. The summed E-state index contributed by atoms with van der Waals surface area (Å²) in [6, 6.07) is 8.76. The lowest BCUT2D eigenvalue weighted by Crippen LogP contribution is -2.54. The van der Waals surface area contributed by atoms with E-state index in [-0.39, 0.29) is 17.6 Å². The number of carbonyl (C=O) groups excluding carboxylic acids is 1. The van der Waals surface area contributed by atoms with Crippen LogP contribution < -0.4 is 0 Å². The van der Waals surface area contributed by atoms with Crippen LogP contribution in [0, 0.1) is 36.0 Å². The number of ketones is 1. The topological polar surface area (TPSA) is 57.5 Å². The van der Waals surface area contributed by atoms with Crippen molar-refractivity contribution in [1.29, 1.82) is 0 Å². The number of benzene rings is 1. The highest BCUT2D eigenvalue weighted by molar-refractivity contribution is 5.93. The summed E-state index contributed by atoms with van der Waals surface area (Å²) < 4.78 is 0. The van der Waals surface area contributed by atoms with Crippen molar-refractivity contribution in [3.8, 4) is 11.8 Å². The second-order valence-electron chi connectivity index (χ2n) is 10.3.